The van der Waals surface area contributed by atoms with Crippen LogP contribution in [0.25, 0.3) is 0 Å². The van der Waals surface area contributed by atoms with Gasteiger partial charge in [0.1, 0.15) is 0 Å². The standard InChI is InChI=1S/C9H13N3/c1-12(2)9-6-4-3-5-8(9)7-11-10/h3-7H,10H2,1-2H3. The first kappa shape index (κ1) is 8.59. The summed E-state index contributed by atoms with van der Waals surface area (Å²) in [5.74, 6) is 5.08. The summed E-state index contributed by atoms with van der Waals surface area (Å²) in [4.78, 5) is 2.02. The molecule has 0 bridgehead atoms. The summed E-state index contributed by atoms with van der Waals surface area (Å²) in [6.45, 7) is 0. The molecule has 0 spiro atoms. The third-order valence-corrected chi connectivity index (χ3v) is 1.63. The molecule has 0 aliphatic rings. The molecule has 0 amide bonds. The van der Waals surface area contributed by atoms with Crippen molar-refractivity contribution in [2.45, 2.75) is 0 Å². The van der Waals surface area contributed by atoms with Gasteiger partial charge in [-0.3, -0.25) is 0 Å². The molecule has 2 N–H and O–H groups in total. The summed E-state index contributed by atoms with van der Waals surface area (Å²) < 4.78 is 0. The van der Waals surface area contributed by atoms with E-state index in [4.69, 9.17) is 5.84 Å². The molecule has 0 aliphatic heterocycles. The predicted octanol–water partition coefficient (Wildman–Crippen LogP) is 1.05. The molecule has 0 radical (unpaired) electrons. The zero-order valence-corrected chi connectivity index (χ0v) is 7.36. The van der Waals surface area contributed by atoms with E-state index >= 15 is 0 Å². The minimum Gasteiger partial charge on any atom is -0.377 e. The van der Waals surface area contributed by atoms with Gasteiger partial charge in [0.25, 0.3) is 0 Å². The zero-order chi connectivity index (χ0) is 8.97. The molecule has 0 atom stereocenters. The molecule has 0 saturated carbocycles. The number of hydrogen-bond acceptors (Lipinski definition) is 3. The third-order valence-electron chi connectivity index (χ3n) is 1.63. The summed E-state index contributed by atoms with van der Waals surface area (Å²) >= 11 is 0. The van der Waals surface area contributed by atoms with Crippen LogP contribution < -0.4 is 10.7 Å². The molecule has 0 heterocycles. The van der Waals surface area contributed by atoms with Crippen LogP contribution in [-0.2, 0) is 0 Å². The maximum Gasteiger partial charge on any atom is 0.0558 e. The smallest absolute Gasteiger partial charge is 0.0558 e. The largest absolute Gasteiger partial charge is 0.377 e. The molecule has 64 valence electrons. The maximum absolute atomic E-state index is 5.08. The van der Waals surface area contributed by atoms with Crippen molar-refractivity contribution < 1.29 is 0 Å². The van der Waals surface area contributed by atoms with E-state index in [1.54, 1.807) is 6.21 Å². The average molecular weight is 163 g/mol. The monoisotopic (exact) mass is 163 g/mol. The molecular weight excluding hydrogens is 150 g/mol. The highest BCUT2D eigenvalue weighted by Crippen LogP contribution is 2.15. The highest BCUT2D eigenvalue weighted by Gasteiger charge is 1.99. The van der Waals surface area contributed by atoms with Gasteiger partial charge in [-0.1, -0.05) is 18.2 Å². The van der Waals surface area contributed by atoms with Crippen molar-refractivity contribution >= 4 is 11.9 Å². The Morgan fingerprint density at radius 2 is 2.00 bits per heavy atom. The highest BCUT2D eigenvalue weighted by molar-refractivity contribution is 5.87. The van der Waals surface area contributed by atoms with Crippen LogP contribution in [0, 0.1) is 0 Å². The number of nitrogens with zero attached hydrogens (tertiary/aromatic N) is 2. The lowest BCUT2D eigenvalue weighted by Crippen LogP contribution is -2.11. The average Bonchev–Trinajstić information content (AvgIpc) is 2.05. The summed E-state index contributed by atoms with van der Waals surface area (Å²) in [7, 11) is 3.98. The quantitative estimate of drug-likeness (QED) is 0.402. The van der Waals surface area contributed by atoms with Crippen molar-refractivity contribution in [3.63, 3.8) is 0 Å². The highest BCUT2D eigenvalue weighted by atomic mass is 15.1. The van der Waals surface area contributed by atoms with Gasteiger partial charge in [0, 0.05) is 25.3 Å². The number of hydrogen-bond donors (Lipinski definition) is 1. The molecule has 0 aliphatic carbocycles. The number of benzene rings is 1. The number of anilines is 1. The SMILES string of the molecule is CN(C)c1ccccc1C=NN. The topological polar surface area (TPSA) is 41.6 Å². The Balaban J connectivity index is 3.08. The Morgan fingerprint density at radius 1 is 1.33 bits per heavy atom. The molecule has 12 heavy (non-hydrogen) atoms. The van der Waals surface area contributed by atoms with Crippen molar-refractivity contribution in [3.05, 3.63) is 29.8 Å². The van der Waals surface area contributed by atoms with Crippen molar-refractivity contribution in [3.8, 4) is 0 Å². The predicted molar refractivity (Wildman–Crippen MR) is 52.6 cm³/mol. The van der Waals surface area contributed by atoms with E-state index in [1.165, 1.54) is 0 Å². The van der Waals surface area contributed by atoms with Crippen LogP contribution in [0.15, 0.2) is 29.4 Å². The third kappa shape index (κ3) is 1.75. The number of para-hydroxylation sites is 1. The molecule has 0 aromatic heterocycles. The van der Waals surface area contributed by atoms with Crippen LogP contribution in [0.2, 0.25) is 0 Å². The summed E-state index contributed by atoms with van der Waals surface area (Å²) in [5.41, 5.74) is 2.15. The van der Waals surface area contributed by atoms with Crippen LogP contribution in [0.4, 0.5) is 5.69 Å². The van der Waals surface area contributed by atoms with Crippen LogP contribution >= 0.6 is 0 Å². The fraction of sp³-hybridized carbons (Fsp3) is 0.222. The van der Waals surface area contributed by atoms with Gasteiger partial charge in [-0.25, -0.2) is 0 Å². The van der Waals surface area contributed by atoms with E-state index in [-0.39, 0.29) is 0 Å². The van der Waals surface area contributed by atoms with E-state index in [9.17, 15) is 0 Å². The fourth-order valence-electron chi connectivity index (χ4n) is 1.08. The minimum absolute atomic E-state index is 1.03. The Labute approximate surface area is 72.5 Å². The molecular formula is C9H13N3. The first-order valence-electron chi connectivity index (χ1n) is 3.75. The Hall–Kier alpha value is -1.51. The molecule has 0 saturated heterocycles. The zero-order valence-electron chi connectivity index (χ0n) is 7.36. The second-order valence-corrected chi connectivity index (χ2v) is 2.73. The Kier molecular flexibility index (Phi) is 2.69. The number of rotatable bonds is 2. The molecule has 0 unspecified atom stereocenters. The van der Waals surface area contributed by atoms with E-state index < -0.39 is 0 Å². The summed E-state index contributed by atoms with van der Waals surface area (Å²) in [6, 6.07) is 7.95. The molecule has 1 rings (SSSR count). The molecule has 1 aromatic rings. The maximum atomic E-state index is 5.08. The Morgan fingerprint density at radius 3 is 2.58 bits per heavy atom. The van der Waals surface area contributed by atoms with Gasteiger partial charge in [-0.2, -0.15) is 5.10 Å². The second kappa shape index (κ2) is 3.76. The van der Waals surface area contributed by atoms with Crippen LogP contribution in [-0.4, -0.2) is 20.3 Å². The molecule has 0 fully saturated rings. The van der Waals surface area contributed by atoms with Gasteiger partial charge in [-0.15, -0.1) is 0 Å². The lowest BCUT2D eigenvalue weighted by atomic mass is 10.2. The second-order valence-electron chi connectivity index (χ2n) is 2.73. The van der Waals surface area contributed by atoms with E-state index in [0.717, 1.165) is 11.3 Å². The van der Waals surface area contributed by atoms with Gasteiger partial charge in [-0.05, 0) is 6.07 Å². The Bertz CT molecular complexity index is 279. The van der Waals surface area contributed by atoms with Gasteiger partial charge in [0.2, 0.25) is 0 Å². The van der Waals surface area contributed by atoms with Crippen molar-refractivity contribution in [2.75, 3.05) is 19.0 Å². The van der Waals surface area contributed by atoms with Crippen molar-refractivity contribution in [1.29, 1.82) is 0 Å². The van der Waals surface area contributed by atoms with E-state index in [1.807, 2.05) is 43.3 Å². The number of hydrazone groups is 1. The summed E-state index contributed by atoms with van der Waals surface area (Å²) in [5, 5.41) is 3.50. The lowest BCUT2D eigenvalue weighted by Gasteiger charge is -2.14. The van der Waals surface area contributed by atoms with E-state index in [2.05, 4.69) is 5.10 Å². The first-order valence-corrected chi connectivity index (χ1v) is 3.75. The van der Waals surface area contributed by atoms with Crippen molar-refractivity contribution in [2.24, 2.45) is 10.9 Å². The molecule has 3 nitrogen and oxygen atoms in total. The van der Waals surface area contributed by atoms with Crippen molar-refractivity contribution in [1.82, 2.24) is 0 Å². The van der Waals surface area contributed by atoms with E-state index in [0.29, 0.717) is 0 Å². The summed E-state index contributed by atoms with van der Waals surface area (Å²) in [6.07, 6.45) is 1.65. The first-order chi connectivity index (χ1) is 5.75. The molecule has 1 aromatic carbocycles. The normalized spacial score (nSPS) is 10.5. The van der Waals surface area contributed by atoms with Gasteiger partial charge in [0.05, 0.1) is 6.21 Å². The van der Waals surface area contributed by atoms with Crippen LogP contribution in [0.5, 0.6) is 0 Å². The van der Waals surface area contributed by atoms with Gasteiger partial charge in [0.15, 0.2) is 0 Å². The van der Waals surface area contributed by atoms with Gasteiger partial charge < -0.3 is 10.7 Å². The fourth-order valence-corrected chi connectivity index (χ4v) is 1.08. The van der Waals surface area contributed by atoms with Crippen LogP contribution in [0.3, 0.4) is 0 Å². The lowest BCUT2D eigenvalue weighted by molar-refractivity contribution is 1.13. The molecule has 3 heteroatoms. The number of nitrogens with two attached hydrogens (primary N) is 1. The minimum atomic E-state index is 1.03. The van der Waals surface area contributed by atoms with Crippen LogP contribution in [0.1, 0.15) is 5.56 Å². The van der Waals surface area contributed by atoms with Gasteiger partial charge >= 0.3 is 0 Å².